The van der Waals surface area contributed by atoms with E-state index < -0.39 is 6.10 Å². The minimum absolute atomic E-state index is 0.447. The molecule has 1 aromatic heterocycles. The van der Waals surface area contributed by atoms with Crippen LogP contribution in [0.5, 0.6) is 0 Å². The minimum atomic E-state index is -0.845. The van der Waals surface area contributed by atoms with Gasteiger partial charge >= 0.3 is 0 Å². The van der Waals surface area contributed by atoms with E-state index in [1.165, 1.54) is 0 Å². The van der Waals surface area contributed by atoms with Gasteiger partial charge in [0.25, 0.3) is 0 Å². The zero-order valence-electron chi connectivity index (χ0n) is 10.9. The number of nitrogens with zero attached hydrogens (tertiary/aromatic N) is 2. The van der Waals surface area contributed by atoms with E-state index >= 15 is 0 Å². The first-order valence-corrected chi connectivity index (χ1v) is 7.53. The third kappa shape index (κ3) is 2.83. The highest BCUT2D eigenvalue weighted by Crippen LogP contribution is 2.23. The van der Waals surface area contributed by atoms with Crippen LogP contribution in [-0.4, -0.2) is 19.9 Å². The Morgan fingerprint density at radius 1 is 1.10 bits per heavy atom. The summed E-state index contributed by atoms with van der Waals surface area (Å²) in [5, 5.41) is 17.5. The Bertz CT molecular complexity index is 796. The number of halogens is 1. The Hall–Kier alpha value is -1.76. The number of rotatable bonds is 3. The van der Waals surface area contributed by atoms with Crippen molar-refractivity contribution in [1.29, 1.82) is 0 Å². The summed E-state index contributed by atoms with van der Waals surface area (Å²) in [6.07, 6.45) is -0.845. The molecular weight excluding hydrogens is 350 g/mol. The molecule has 0 aliphatic heterocycles. The number of aromatic amines is 1. The van der Waals surface area contributed by atoms with Gasteiger partial charge < -0.3 is 5.11 Å². The van der Waals surface area contributed by atoms with Crippen LogP contribution >= 0.6 is 28.1 Å². The average Bonchev–Trinajstić information content (AvgIpc) is 2.90. The van der Waals surface area contributed by atoms with Gasteiger partial charge in [0.05, 0.1) is 0 Å². The van der Waals surface area contributed by atoms with Crippen molar-refractivity contribution in [2.24, 2.45) is 0 Å². The fourth-order valence-electron chi connectivity index (χ4n) is 2.12. The van der Waals surface area contributed by atoms with Gasteiger partial charge in [0.15, 0.2) is 10.6 Å². The first-order chi connectivity index (χ1) is 10.2. The molecule has 21 heavy (non-hydrogen) atoms. The third-order valence-corrected chi connectivity index (χ3v) is 3.95. The molecule has 0 aliphatic rings. The predicted molar refractivity (Wildman–Crippen MR) is 87.0 cm³/mol. The van der Waals surface area contributed by atoms with Crippen LogP contribution in [0.15, 0.2) is 59.1 Å². The van der Waals surface area contributed by atoms with Gasteiger partial charge in [-0.2, -0.15) is 5.10 Å². The molecule has 0 saturated carbocycles. The summed E-state index contributed by atoms with van der Waals surface area (Å²) in [6, 6.07) is 17.0. The summed E-state index contributed by atoms with van der Waals surface area (Å²) in [5.41, 5.74) is 1.62. The molecule has 0 amide bonds. The number of benzene rings is 2. The lowest BCUT2D eigenvalue weighted by Crippen LogP contribution is -2.08. The van der Waals surface area contributed by atoms with Crippen molar-refractivity contribution in [2.45, 2.75) is 6.10 Å². The van der Waals surface area contributed by atoms with Crippen LogP contribution in [0.4, 0.5) is 0 Å². The third-order valence-electron chi connectivity index (χ3n) is 3.14. The van der Waals surface area contributed by atoms with E-state index in [1.54, 1.807) is 4.57 Å². The lowest BCUT2D eigenvalue weighted by molar-refractivity contribution is 0.207. The number of hydrogen-bond donors (Lipinski definition) is 2. The fraction of sp³-hybridized carbons (Fsp3) is 0.0667. The smallest absolute Gasteiger partial charge is 0.199 e. The summed E-state index contributed by atoms with van der Waals surface area (Å²) >= 11 is 8.68. The molecule has 3 rings (SSSR count). The Morgan fingerprint density at radius 2 is 1.76 bits per heavy atom. The number of aliphatic hydroxyl groups is 1. The maximum atomic E-state index is 10.5. The second kappa shape index (κ2) is 5.93. The molecule has 1 heterocycles. The molecule has 2 N–H and O–H groups in total. The summed E-state index contributed by atoms with van der Waals surface area (Å²) in [4.78, 5) is 0. The Morgan fingerprint density at radius 3 is 2.43 bits per heavy atom. The monoisotopic (exact) mass is 361 g/mol. The zero-order chi connectivity index (χ0) is 14.8. The summed E-state index contributed by atoms with van der Waals surface area (Å²) < 4.78 is 3.16. The minimum Gasteiger partial charge on any atom is -0.380 e. The van der Waals surface area contributed by atoms with Crippen molar-refractivity contribution in [3.05, 3.63) is 75.2 Å². The van der Waals surface area contributed by atoms with Crippen molar-refractivity contribution in [3.8, 4) is 5.69 Å². The van der Waals surface area contributed by atoms with E-state index in [9.17, 15) is 5.11 Å². The van der Waals surface area contributed by atoms with E-state index in [2.05, 4.69) is 26.1 Å². The topological polar surface area (TPSA) is 53.8 Å². The number of nitrogens with one attached hydrogen (secondary N) is 1. The molecule has 0 saturated heterocycles. The first kappa shape index (κ1) is 14.2. The second-order valence-electron chi connectivity index (χ2n) is 4.51. The van der Waals surface area contributed by atoms with Crippen molar-refractivity contribution >= 4 is 28.1 Å². The number of H-pyrrole nitrogens is 1. The SMILES string of the molecule is OC(c1ccccc1)c1n[nH]c(=S)n1-c1ccc(Br)cc1. The molecule has 106 valence electrons. The summed E-state index contributed by atoms with van der Waals surface area (Å²) in [7, 11) is 0. The molecule has 2 aromatic carbocycles. The molecule has 1 atom stereocenters. The van der Waals surface area contributed by atoms with Crippen molar-refractivity contribution in [1.82, 2.24) is 14.8 Å². The first-order valence-electron chi connectivity index (χ1n) is 6.33. The van der Waals surface area contributed by atoms with Gasteiger partial charge in [-0.15, -0.1) is 0 Å². The molecule has 0 aliphatic carbocycles. The summed E-state index contributed by atoms with van der Waals surface area (Å²) in [6.45, 7) is 0. The van der Waals surface area contributed by atoms with Gasteiger partial charge in [0.1, 0.15) is 6.10 Å². The molecule has 3 aromatic rings. The van der Waals surface area contributed by atoms with Crippen LogP contribution in [0.3, 0.4) is 0 Å². The standard InChI is InChI=1S/C15H12BrN3OS/c16-11-6-8-12(9-7-11)19-14(17-18-15(19)21)13(20)10-4-2-1-3-5-10/h1-9,13,20H,(H,18,21). The van der Waals surface area contributed by atoms with E-state index in [-0.39, 0.29) is 0 Å². The number of hydrogen-bond acceptors (Lipinski definition) is 3. The van der Waals surface area contributed by atoms with Crippen LogP contribution < -0.4 is 0 Å². The van der Waals surface area contributed by atoms with Crippen molar-refractivity contribution < 1.29 is 5.11 Å². The summed E-state index contributed by atoms with van der Waals surface area (Å²) in [5.74, 6) is 0.466. The van der Waals surface area contributed by atoms with E-state index in [0.29, 0.717) is 10.6 Å². The van der Waals surface area contributed by atoms with Crippen molar-refractivity contribution in [2.75, 3.05) is 0 Å². The molecule has 0 bridgehead atoms. The van der Waals surface area contributed by atoms with Crippen molar-refractivity contribution in [3.63, 3.8) is 0 Å². The largest absolute Gasteiger partial charge is 0.380 e. The number of aromatic nitrogens is 3. The average molecular weight is 362 g/mol. The quantitative estimate of drug-likeness (QED) is 0.698. The van der Waals surface area contributed by atoms with Crippen LogP contribution in [0.25, 0.3) is 5.69 Å². The Balaban J connectivity index is 2.09. The highest BCUT2D eigenvalue weighted by atomic mass is 79.9. The zero-order valence-corrected chi connectivity index (χ0v) is 13.3. The van der Waals surface area contributed by atoms with Gasteiger partial charge in [0.2, 0.25) is 0 Å². The molecule has 1 unspecified atom stereocenters. The Labute approximate surface area is 135 Å². The van der Waals surface area contributed by atoms with E-state index in [4.69, 9.17) is 12.2 Å². The molecule has 0 spiro atoms. The van der Waals surface area contributed by atoms with Gasteiger partial charge in [-0.3, -0.25) is 9.67 Å². The van der Waals surface area contributed by atoms with Gasteiger partial charge in [-0.1, -0.05) is 46.3 Å². The maximum Gasteiger partial charge on any atom is 0.199 e. The van der Waals surface area contributed by atoms with E-state index in [1.807, 2.05) is 54.6 Å². The number of aliphatic hydroxyl groups excluding tert-OH is 1. The van der Waals surface area contributed by atoms with E-state index in [0.717, 1.165) is 15.7 Å². The second-order valence-corrected chi connectivity index (χ2v) is 5.81. The van der Waals surface area contributed by atoms with Gasteiger partial charge in [-0.05, 0) is 42.0 Å². The fourth-order valence-corrected chi connectivity index (χ4v) is 2.63. The Kier molecular flexibility index (Phi) is 4.01. The van der Waals surface area contributed by atoms with Crippen LogP contribution in [0, 0.1) is 4.77 Å². The predicted octanol–water partition coefficient (Wildman–Crippen LogP) is 3.77. The normalized spacial score (nSPS) is 12.3. The van der Waals surface area contributed by atoms with Crippen LogP contribution in [-0.2, 0) is 0 Å². The highest BCUT2D eigenvalue weighted by molar-refractivity contribution is 9.10. The van der Waals surface area contributed by atoms with Gasteiger partial charge in [-0.25, -0.2) is 0 Å². The highest BCUT2D eigenvalue weighted by Gasteiger charge is 2.18. The molecule has 0 fully saturated rings. The van der Waals surface area contributed by atoms with Crippen LogP contribution in [0.1, 0.15) is 17.5 Å². The lowest BCUT2D eigenvalue weighted by Gasteiger charge is -2.12. The molecule has 4 nitrogen and oxygen atoms in total. The molecule has 0 radical (unpaired) electrons. The molecular formula is C15H12BrN3OS. The maximum absolute atomic E-state index is 10.5. The molecule has 6 heteroatoms. The van der Waals surface area contributed by atoms with Gasteiger partial charge in [0, 0.05) is 10.2 Å². The van der Waals surface area contributed by atoms with Crippen LogP contribution in [0.2, 0.25) is 0 Å². The lowest BCUT2D eigenvalue weighted by atomic mass is 10.1.